The molecule has 3 aromatic carbocycles. The van der Waals surface area contributed by atoms with Gasteiger partial charge in [-0.15, -0.1) is 0 Å². The van der Waals surface area contributed by atoms with Gasteiger partial charge in [-0.3, -0.25) is 4.79 Å². The summed E-state index contributed by atoms with van der Waals surface area (Å²) in [6.07, 6.45) is 4.21. The van der Waals surface area contributed by atoms with Gasteiger partial charge in [-0.2, -0.15) is 5.26 Å². The molecule has 1 aliphatic rings. The van der Waals surface area contributed by atoms with Gasteiger partial charge in [0.05, 0.1) is 11.6 Å². The Balaban J connectivity index is 1.35. The maximum absolute atomic E-state index is 12.9. The van der Waals surface area contributed by atoms with E-state index in [4.69, 9.17) is 5.26 Å². The Morgan fingerprint density at radius 1 is 0.938 bits per heavy atom. The Morgan fingerprint density at radius 2 is 1.69 bits per heavy atom. The van der Waals surface area contributed by atoms with E-state index in [2.05, 4.69) is 65.4 Å². The van der Waals surface area contributed by atoms with Crippen LogP contribution in [0.4, 0.5) is 0 Å². The van der Waals surface area contributed by atoms with Crippen molar-refractivity contribution >= 4 is 16.8 Å². The van der Waals surface area contributed by atoms with Crippen LogP contribution >= 0.6 is 0 Å². The van der Waals surface area contributed by atoms with Gasteiger partial charge in [0.1, 0.15) is 0 Å². The fourth-order valence-corrected chi connectivity index (χ4v) is 4.81. The minimum absolute atomic E-state index is 0.0204. The second kappa shape index (κ2) is 8.72. The molecule has 0 saturated carbocycles. The van der Waals surface area contributed by atoms with Crippen LogP contribution in [-0.4, -0.2) is 28.5 Å². The number of carbonyl (C=O) groups excluding carboxylic acids is 1. The predicted molar refractivity (Wildman–Crippen MR) is 127 cm³/mol. The smallest absolute Gasteiger partial charge is 0.253 e. The number of fused-ring (bicyclic) bond motifs is 1. The van der Waals surface area contributed by atoms with Gasteiger partial charge in [0.2, 0.25) is 0 Å². The summed E-state index contributed by atoms with van der Waals surface area (Å²) in [7, 11) is 0. The molecule has 0 spiro atoms. The number of nitriles is 1. The zero-order valence-corrected chi connectivity index (χ0v) is 17.9. The zero-order chi connectivity index (χ0) is 21.9. The van der Waals surface area contributed by atoms with Gasteiger partial charge in [-0.25, -0.2) is 0 Å². The van der Waals surface area contributed by atoms with Crippen LogP contribution in [-0.2, 0) is 6.54 Å². The first-order valence-electron chi connectivity index (χ1n) is 11.1. The van der Waals surface area contributed by atoms with Crippen LogP contribution in [0, 0.1) is 11.3 Å². The second-order valence-corrected chi connectivity index (χ2v) is 8.47. The van der Waals surface area contributed by atoms with Crippen molar-refractivity contribution in [3.8, 4) is 6.07 Å². The predicted octanol–water partition coefficient (Wildman–Crippen LogP) is 5.58. The average Bonchev–Trinajstić information content (AvgIpc) is 3.23. The first-order chi connectivity index (χ1) is 15.7. The zero-order valence-electron chi connectivity index (χ0n) is 17.9. The third-order valence-corrected chi connectivity index (χ3v) is 6.48. The van der Waals surface area contributed by atoms with Crippen LogP contribution < -0.4 is 0 Å². The Labute approximate surface area is 188 Å². The maximum Gasteiger partial charge on any atom is 0.253 e. The molecule has 0 atom stereocenters. The number of nitrogens with zero attached hydrogens (tertiary/aromatic N) is 3. The first-order valence-corrected chi connectivity index (χ1v) is 11.1. The molecule has 5 rings (SSSR count). The lowest BCUT2D eigenvalue weighted by Crippen LogP contribution is -2.37. The minimum Gasteiger partial charge on any atom is -0.343 e. The third kappa shape index (κ3) is 3.90. The number of rotatable bonds is 4. The molecule has 0 N–H and O–H groups in total. The summed E-state index contributed by atoms with van der Waals surface area (Å²) in [5.41, 5.74) is 5.06. The average molecular weight is 420 g/mol. The van der Waals surface area contributed by atoms with Gasteiger partial charge in [0.25, 0.3) is 5.91 Å². The van der Waals surface area contributed by atoms with Crippen molar-refractivity contribution in [3.05, 3.63) is 107 Å². The van der Waals surface area contributed by atoms with Crippen molar-refractivity contribution in [2.24, 2.45) is 0 Å². The molecule has 158 valence electrons. The molecule has 0 bridgehead atoms. The van der Waals surface area contributed by atoms with Crippen LogP contribution in [0.2, 0.25) is 0 Å². The van der Waals surface area contributed by atoms with Crippen molar-refractivity contribution in [2.45, 2.75) is 25.3 Å². The SMILES string of the molecule is N#Cc1cccc(C(=O)N2CCC(c3cn(Cc4ccccc4)c4ccccc34)CC2)c1. The molecule has 4 nitrogen and oxygen atoms in total. The molecule has 1 aliphatic heterocycles. The largest absolute Gasteiger partial charge is 0.343 e. The fourth-order valence-electron chi connectivity index (χ4n) is 4.81. The summed E-state index contributed by atoms with van der Waals surface area (Å²) in [4.78, 5) is 14.9. The van der Waals surface area contributed by atoms with E-state index in [1.807, 2.05) is 11.0 Å². The number of carbonyl (C=O) groups is 1. The van der Waals surface area contributed by atoms with E-state index in [1.165, 1.54) is 22.0 Å². The molecule has 0 unspecified atom stereocenters. The highest BCUT2D eigenvalue weighted by molar-refractivity contribution is 5.94. The van der Waals surface area contributed by atoms with Gasteiger partial charge in [-0.05, 0) is 54.2 Å². The molecule has 1 amide bonds. The van der Waals surface area contributed by atoms with E-state index in [0.29, 0.717) is 17.0 Å². The van der Waals surface area contributed by atoms with Gasteiger partial charge >= 0.3 is 0 Å². The highest BCUT2D eigenvalue weighted by atomic mass is 16.2. The van der Waals surface area contributed by atoms with Crippen molar-refractivity contribution in [1.82, 2.24) is 9.47 Å². The summed E-state index contributed by atoms with van der Waals surface area (Å²) in [5.74, 6) is 0.457. The molecule has 32 heavy (non-hydrogen) atoms. The van der Waals surface area contributed by atoms with E-state index < -0.39 is 0 Å². The van der Waals surface area contributed by atoms with Crippen LogP contribution in [0.5, 0.6) is 0 Å². The molecule has 1 saturated heterocycles. The number of para-hydroxylation sites is 1. The second-order valence-electron chi connectivity index (χ2n) is 8.47. The molecule has 0 radical (unpaired) electrons. The van der Waals surface area contributed by atoms with Crippen LogP contribution in [0.15, 0.2) is 85.1 Å². The quantitative estimate of drug-likeness (QED) is 0.433. The fraction of sp³-hybridized carbons (Fsp3) is 0.214. The summed E-state index contributed by atoms with van der Waals surface area (Å²) in [6.45, 7) is 2.32. The molecule has 1 fully saturated rings. The lowest BCUT2D eigenvalue weighted by Gasteiger charge is -2.32. The van der Waals surface area contributed by atoms with E-state index >= 15 is 0 Å². The molecule has 2 heterocycles. The Morgan fingerprint density at radius 3 is 2.47 bits per heavy atom. The Bertz CT molecular complexity index is 1290. The van der Waals surface area contributed by atoms with Crippen molar-refractivity contribution in [2.75, 3.05) is 13.1 Å². The highest BCUT2D eigenvalue weighted by Gasteiger charge is 2.26. The number of aromatic nitrogens is 1. The van der Waals surface area contributed by atoms with Crippen molar-refractivity contribution in [1.29, 1.82) is 5.26 Å². The van der Waals surface area contributed by atoms with Gasteiger partial charge in [-0.1, -0.05) is 54.6 Å². The van der Waals surface area contributed by atoms with Gasteiger partial charge < -0.3 is 9.47 Å². The lowest BCUT2D eigenvalue weighted by molar-refractivity contribution is 0.0713. The van der Waals surface area contributed by atoms with E-state index in [0.717, 1.165) is 32.5 Å². The van der Waals surface area contributed by atoms with Gasteiger partial charge in [0, 0.05) is 42.3 Å². The summed E-state index contributed by atoms with van der Waals surface area (Å²) in [5, 5.41) is 10.4. The van der Waals surface area contributed by atoms with E-state index in [1.54, 1.807) is 24.3 Å². The highest BCUT2D eigenvalue weighted by Crippen LogP contribution is 2.35. The molecule has 1 aromatic heterocycles. The van der Waals surface area contributed by atoms with Crippen LogP contribution in [0.25, 0.3) is 10.9 Å². The Hall–Kier alpha value is -3.84. The number of hydrogen-bond donors (Lipinski definition) is 0. The van der Waals surface area contributed by atoms with Crippen molar-refractivity contribution in [3.63, 3.8) is 0 Å². The molecule has 4 aromatic rings. The third-order valence-electron chi connectivity index (χ3n) is 6.48. The molecule has 0 aliphatic carbocycles. The number of amides is 1. The number of hydrogen-bond acceptors (Lipinski definition) is 2. The number of likely N-dealkylation sites (tertiary alicyclic amines) is 1. The maximum atomic E-state index is 12.9. The van der Waals surface area contributed by atoms with Crippen LogP contribution in [0.3, 0.4) is 0 Å². The summed E-state index contributed by atoms with van der Waals surface area (Å²) < 4.78 is 2.35. The van der Waals surface area contributed by atoms with Crippen LogP contribution in [0.1, 0.15) is 45.8 Å². The topological polar surface area (TPSA) is 49.0 Å². The standard InChI is InChI=1S/C28H25N3O/c29-18-22-9-6-10-24(17-22)28(32)30-15-13-23(14-16-30)26-20-31(19-21-7-2-1-3-8-21)27-12-5-4-11-25(26)27/h1-12,17,20,23H,13-16,19H2. The summed E-state index contributed by atoms with van der Waals surface area (Å²) in [6, 6.07) is 28.3. The first kappa shape index (κ1) is 20.1. The molecular formula is C28H25N3O. The van der Waals surface area contributed by atoms with E-state index in [-0.39, 0.29) is 5.91 Å². The molecular weight excluding hydrogens is 394 g/mol. The lowest BCUT2D eigenvalue weighted by atomic mass is 9.89. The summed E-state index contributed by atoms with van der Waals surface area (Å²) >= 11 is 0. The monoisotopic (exact) mass is 419 g/mol. The van der Waals surface area contributed by atoms with Gasteiger partial charge in [0.15, 0.2) is 0 Å². The van der Waals surface area contributed by atoms with Crippen molar-refractivity contribution < 1.29 is 4.79 Å². The number of piperidine rings is 1. The minimum atomic E-state index is 0.0204. The van der Waals surface area contributed by atoms with E-state index in [9.17, 15) is 4.79 Å². The molecule has 4 heteroatoms. The number of benzene rings is 3. The Kier molecular flexibility index (Phi) is 5.47. The normalized spacial score (nSPS) is 14.4.